The van der Waals surface area contributed by atoms with E-state index in [1.54, 1.807) is 7.11 Å². The molecule has 0 radical (unpaired) electrons. The molecule has 3 rings (SSSR count). The van der Waals surface area contributed by atoms with Gasteiger partial charge in [-0.05, 0) is 43.4 Å². The number of hydrogen-bond donors (Lipinski definition) is 2. The Labute approximate surface area is 203 Å². The van der Waals surface area contributed by atoms with Gasteiger partial charge in [-0.3, -0.25) is 4.99 Å². The summed E-state index contributed by atoms with van der Waals surface area (Å²) in [5, 5.41) is 11.7. The summed E-state index contributed by atoms with van der Waals surface area (Å²) in [5.74, 6) is 4.64. The van der Waals surface area contributed by atoms with E-state index in [1.807, 2.05) is 12.1 Å². The second kappa shape index (κ2) is 12.3. The number of aromatic nitrogens is 3. The maximum atomic E-state index is 5.25. The molecule has 8 heteroatoms. The number of benzene rings is 1. The minimum Gasteiger partial charge on any atom is -0.497 e. The van der Waals surface area contributed by atoms with Crippen LogP contribution in [0.3, 0.4) is 0 Å². The molecule has 0 bridgehead atoms. The van der Waals surface area contributed by atoms with Gasteiger partial charge in [0.25, 0.3) is 0 Å². The predicted octanol–water partition coefficient (Wildman–Crippen LogP) is 4.09. The summed E-state index contributed by atoms with van der Waals surface area (Å²) in [6, 6.07) is 8.63. The number of nitrogens with one attached hydrogen (secondary N) is 2. The Morgan fingerprint density at radius 2 is 2.00 bits per heavy atom. The zero-order chi connectivity index (χ0) is 21.5. The van der Waals surface area contributed by atoms with Crippen LogP contribution in [0.25, 0.3) is 0 Å². The number of rotatable bonds is 8. The summed E-state index contributed by atoms with van der Waals surface area (Å²) in [6.45, 7) is 11.1. The lowest BCUT2D eigenvalue weighted by Gasteiger charge is -2.25. The van der Waals surface area contributed by atoms with E-state index in [1.165, 1.54) is 5.56 Å². The van der Waals surface area contributed by atoms with Gasteiger partial charge in [-0.25, -0.2) is 9.67 Å². The van der Waals surface area contributed by atoms with Gasteiger partial charge in [-0.15, -0.1) is 24.0 Å². The average molecular weight is 540 g/mol. The molecule has 2 unspecified atom stereocenters. The van der Waals surface area contributed by atoms with Gasteiger partial charge in [0.2, 0.25) is 0 Å². The highest BCUT2D eigenvalue weighted by Crippen LogP contribution is 2.22. The smallest absolute Gasteiger partial charge is 0.191 e. The van der Waals surface area contributed by atoms with Crippen LogP contribution < -0.4 is 15.4 Å². The molecule has 0 amide bonds. The van der Waals surface area contributed by atoms with Crippen LogP contribution >= 0.6 is 24.0 Å². The fraction of sp³-hybridized carbons (Fsp3) is 0.609. The predicted molar refractivity (Wildman–Crippen MR) is 137 cm³/mol. The first-order chi connectivity index (χ1) is 14.5. The van der Waals surface area contributed by atoms with Crippen LogP contribution in [0.2, 0.25) is 0 Å². The van der Waals surface area contributed by atoms with Crippen molar-refractivity contribution >= 4 is 29.9 Å². The number of aryl methyl sites for hydroxylation is 1. The van der Waals surface area contributed by atoms with Gasteiger partial charge in [-0.1, -0.05) is 32.9 Å². The molecule has 1 aromatic carbocycles. The number of aliphatic imine (C=N–C) groups is 1. The van der Waals surface area contributed by atoms with Crippen molar-refractivity contribution in [3.8, 4) is 5.75 Å². The Morgan fingerprint density at radius 1 is 1.26 bits per heavy atom. The molecule has 2 N–H and O–H groups in total. The summed E-state index contributed by atoms with van der Waals surface area (Å²) in [4.78, 5) is 9.50. The Morgan fingerprint density at radius 3 is 2.65 bits per heavy atom. The third kappa shape index (κ3) is 7.08. The maximum Gasteiger partial charge on any atom is 0.191 e. The lowest BCUT2D eigenvalue weighted by molar-refractivity contribution is 0.391. The van der Waals surface area contributed by atoms with Crippen molar-refractivity contribution in [1.82, 2.24) is 25.4 Å². The lowest BCUT2D eigenvalue weighted by atomic mass is 9.98. The van der Waals surface area contributed by atoms with E-state index in [9.17, 15) is 0 Å². The number of guanidine groups is 1. The second-order valence-electron chi connectivity index (χ2n) is 8.33. The molecule has 0 saturated carbocycles. The Bertz CT molecular complexity index is 833. The molecule has 0 aliphatic carbocycles. The summed E-state index contributed by atoms with van der Waals surface area (Å²) in [5.41, 5.74) is 1.32. The average Bonchev–Trinajstić information content (AvgIpc) is 3.17. The van der Waals surface area contributed by atoms with Crippen LogP contribution in [-0.4, -0.2) is 47.0 Å². The third-order valence-electron chi connectivity index (χ3n) is 5.59. The monoisotopic (exact) mass is 540 g/mol. The zero-order valence-electron chi connectivity index (χ0n) is 19.4. The number of hydrogen-bond acceptors (Lipinski definition) is 4. The fourth-order valence-electron chi connectivity index (χ4n) is 3.67. The molecule has 1 aliphatic heterocycles. The maximum absolute atomic E-state index is 5.25. The van der Waals surface area contributed by atoms with Gasteiger partial charge in [0.05, 0.1) is 13.7 Å². The van der Waals surface area contributed by atoms with Crippen molar-refractivity contribution in [2.24, 2.45) is 4.99 Å². The molecule has 31 heavy (non-hydrogen) atoms. The van der Waals surface area contributed by atoms with Gasteiger partial charge in [0.1, 0.15) is 11.6 Å². The standard InChI is InChI=1S/C23H36N6O.HI/c1-6-24-23(25-14-13-17(4)18-7-10-20(30-5)11-8-18)26-19-9-12-21-27-22(16(2)3)28-29(21)15-19;/h7-8,10-11,16-17,19H,6,9,12-15H2,1-5H3,(H2,24,25,26);1H. The van der Waals surface area contributed by atoms with Gasteiger partial charge in [-0.2, -0.15) is 5.10 Å². The van der Waals surface area contributed by atoms with Crippen molar-refractivity contribution in [1.29, 1.82) is 0 Å². The molecule has 0 fully saturated rings. The van der Waals surface area contributed by atoms with Crippen molar-refractivity contribution in [3.63, 3.8) is 0 Å². The van der Waals surface area contributed by atoms with Crippen LogP contribution in [0.1, 0.15) is 69.6 Å². The van der Waals surface area contributed by atoms with Gasteiger partial charge in [0.15, 0.2) is 11.8 Å². The highest BCUT2D eigenvalue weighted by atomic mass is 127. The van der Waals surface area contributed by atoms with E-state index in [0.717, 1.165) is 62.3 Å². The van der Waals surface area contributed by atoms with Gasteiger partial charge >= 0.3 is 0 Å². The van der Waals surface area contributed by atoms with E-state index in [0.29, 0.717) is 17.9 Å². The van der Waals surface area contributed by atoms with Gasteiger partial charge in [0, 0.05) is 31.5 Å². The summed E-state index contributed by atoms with van der Waals surface area (Å²) in [6.07, 6.45) is 2.99. The Hall–Kier alpha value is -1.84. The highest BCUT2D eigenvalue weighted by molar-refractivity contribution is 14.0. The molecule has 0 saturated heterocycles. The quantitative estimate of drug-likeness (QED) is 0.300. The molecular formula is C23H37IN6O. The summed E-state index contributed by atoms with van der Waals surface area (Å²) >= 11 is 0. The van der Waals surface area contributed by atoms with Crippen LogP contribution in [-0.2, 0) is 13.0 Å². The van der Waals surface area contributed by atoms with E-state index in [4.69, 9.17) is 9.73 Å². The van der Waals surface area contributed by atoms with Crippen LogP contribution in [0.4, 0.5) is 0 Å². The third-order valence-corrected chi connectivity index (χ3v) is 5.59. The van der Waals surface area contributed by atoms with Gasteiger partial charge < -0.3 is 15.4 Å². The molecule has 0 spiro atoms. The topological polar surface area (TPSA) is 76.4 Å². The first kappa shape index (κ1) is 25.4. The van der Waals surface area contributed by atoms with Crippen molar-refractivity contribution in [2.45, 2.75) is 71.4 Å². The normalized spacial score (nSPS) is 17.0. The minimum absolute atomic E-state index is 0. The molecule has 1 aliphatic rings. The molecule has 7 nitrogen and oxygen atoms in total. The lowest BCUT2D eigenvalue weighted by Crippen LogP contribution is -2.47. The van der Waals surface area contributed by atoms with E-state index in [-0.39, 0.29) is 24.0 Å². The number of fused-ring (bicyclic) bond motifs is 1. The number of halogens is 1. The molecular weight excluding hydrogens is 503 g/mol. The number of nitrogens with zero attached hydrogens (tertiary/aromatic N) is 4. The molecule has 2 heterocycles. The number of methoxy groups -OCH3 is 1. The first-order valence-electron chi connectivity index (χ1n) is 11.1. The largest absolute Gasteiger partial charge is 0.497 e. The molecule has 2 aromatic rings. The zero-order valence-corrected chi connectivity index (χ0v) is 21.7. The van der Waals surface area contributed by atoms with Crippen molar-refractivity contribution < 1.29 is 4.74 Å². The SMILES string of the molecule is CCNC(=NCCC(C)c1ccc(OC)cc1)NC1CCc2nc(C(C)C)nn2C1.I. The van der Waals surface area contributed by atoms with Crippen molar-refractivity contribution in [2.75, 3.05) is 20.2 Å². The summed E-state index contributed by atoms with van der Waals surface area (Å²) < 4.78 is 7.31. The van der Waals surface area contributed by atoms with E-state index >= 15 is 0 Å². The fourth-order valence-corrected chi connectivity index (χ4v) is 3.67. The Balaban J connectivity index is 0.00000341. The first-order valence-corrected chi connectivity index (χ1v) is 11.1. The molecule has 1 aromatic heterocycles. The van der Waals surface area contributed by atoms with Crippen LogP contribution in [0, 0.1) is 0 Å². The van der Waals surface area contributed by atoms with E-state index in [2.05, 4.69) is 65.2 Å². The highest BCUT2D eigenvalue weighted by Gasteiger charge is 2.23. The molecule has 172 valence electrons. The summed E-state index contributed by atoms with van der Waals surface area (Å²) in [7, 11) is 1.70. The van der Waals surface area contributed by atoms with E-state index < -0.39 is 0 Å². The Kier molecular flexibility index (Phi) is 10.1. The minimum atomic E-state index is 0. The number of ether oxygens (including phenoxy) is 1. The molecule has 2 atom stereocenters. The van der Waals surface area contributed by atoms with Crippen LogP contribution in [0.5, 0.6) is 5.75 Å². The van der Waals surface area contributed by atoms with Crippen LogP contribution in [0.15, 0.2) is 29.3 Å². The van der Waals surface area contributed by atoms with Crippen molar-refractivity contribution in [3.05, 3.63) is 41.5 Å². The second-order valence-corrected chi connectivity index (χ2v) is 8.33.